The second-order valence-electron chi connectivity index (χ2n) is 8.01. The minimum atomic E-state index is -0.365. The Bertz CT molecular complexity index is 1290. The fourth-order valence-electron chi connectivity index (χ4n) is 3.59. The smallest absolute Gasteiger partial charge is 0.337 e. The molecular formula is C30H28N2O4. The number of hydrazone groups is 1. The maximum Gasteiger partial charge on any atom is 0.337 e. The Hall–Kier alpha value is -4.58. The first-order valence-electron chi connectivity index (χ1n) is 11.5. The number of rotatable bonds is 10. The third-order valence-electron chi connectivity index (χ3n) is 5.53. The Morgan fingerprint density at radius 3 is 2.17 bits per heavy atom. The van der Waals surface area contributed by atoms with Crippen molar-refractivity contribution >= 4 is 17.9 Å². The first kappa shape index (κ1) is 24.5. The van der Waals surface area contributed by atoms with Crippen LogP contribution in [0.4, 0.5) is 5.69 Å². The van der Waals surface area contributed by atoms with Crippen LogP contribution in [-0.4, -0.2) is 26.4 Å². The van der Waals surface area contributed by atoms with Gasteiger partial charge in [0.25, 0.3) is 0 Å². The lowest BCUT2D eigenvalue weighted by Crippen LogP contribution is -2.16. The highest BCUT2D eigenvalue weighted by Gasteiger charge is 2.09. The lowest BCUT2D eigenvalue weighted by Gasteiger charge is -2.19. The number of ether oxygens (including phenoxy) is 3. The molecule has 4 rings (SSSR count). The predicted octanol–water partition coefficient (Wildman–Crippen LogP) is 6.10. The zero-order valence-electron chi connectivity index (χ0n) is 20.3. The molecule has 182 valence electrons. The minimum Gasteiger partial charge on any atom is -0.493 e. The Morgan fingerprint density at radius 1 is 0.806 bits per heavy atom. The number of esters is 1. The van der Waals surface area contributed by atoms with Crippen molar-refractivity contribution in [3.05, 3.63) is 125 Å². The molecular weight excluding hydrogens is 452 g/mol. The zero-order chi connectivity index (χ0) is 25.2. The van der Waals surface area contributed by atoms with Gasteiger partial charge in [0.15, 0.2) is 11.5 Å². The summed E-state index contributed by atoms with van der Waals surface area (Å²) in [4.78, 5) is 11.6. The quantitative estimate of drug-likeness (QED) is 0.156. The van der Waals surface area contributed by atoms with Crippen LogP contribution >= 0.6 is 0 Å². The second kappa shape index (κ2) is 12.2. The molecule has 0 amide bonds. The lowest BCUT2D eigenvalue weighted by atomic mass is 10.1. The molecule has 4 aromatic carbocycles. The molecule has 0 aromatic heterocycles. The van der Waals surface area contributed by atoms with Crippen LogP contribution < -0.4 is 14.5 Å². The number of carbonyl (C=O) groups is 1. The summed E-state index contributed by atoms with van der Waals surface area (Å²) in [5.41, 5.74) is 4.48. The third-order valence-corrected chi connectivity index (χ3v) is 5.53. The van der Waals surface area contributed by atoms with Crippen molar-refractivity contribution in [1.29, 1.82) is 0 Å². The van der Waals surface area contributed by atoms with Gasteiger partial charge < -0.3 is 14.2 Å². The van der Waals surface area contributed by atoms with E-state index in [2.05, 4.69) is 12.1 Å². The third kappa shape index (κ3) is 6.51. The molecule has 0 spiro atoms. The van der Waals surface area contributed by atoms with E-state index in [0.29, 0.717) is 30.2 Å². The van der Waals surface area contributed by atoms with E-state index in [0.717, 1.165) is 16.8 Å². The largest absolute Gasteiger partial charge is 0.493 e. The summed E-state index contributed by atoms with van der Waals surface area (Å²) in [6.07, 6.45) is 1.81. The molecule has 0 aliphatic rings. The van der Waals surface area contributed by atoms with Crippen LogP contribution in [0, 0.1) is 0 Å². The number of hydrogen-bond donors (Lipinski definition) is 0. The van der Waals surface area contributed by atoms with Gasteiger partial charge in [0.05, 0.1) is 38.2 Å². The van der Waals surface area contributed by atoms with Gasteiger partial charge in [-0.2, -0.15) is 5.10 Å². The van der Waals surface area contributed by atoms with Crippen molar-refractivity contribution in [2.45, 2.75) is 13.2 Å². The molecule has 6 heteroatoms. The molecule has 0 saturated heterocycles. The Balaban J connectivity index is 1.47. The van der Waals surface area contributed by atoms with Crippen LogP contribution in [0.25, 0.3) is 0 Å². The number of carbonyl (C=O) groups excluding carboxylic acids is 1. The highest BCUT2D eigenvalue weighted by atomic mass is 16.5. The van der Waals surface area contributed by atoms with E-state index in [9.17, 15) is 4.79 Å². The van der Waals surface area contributed by atoms with E-state index < -0.39 is 0 Å². The van der Waals surface area contributed by atoms with Gasteiger partial charge >= 0.3 is 5.97 Å². The maximum atomic E-state index is 11.6. The first-order valence-corrected chi connectivity index (χ1v) is 11.5. The summed E-state index contributed by atoms with van der Waals surface area (Å²) in [7, 11) is 2.97. The van der Waals surface area contributed by atoms with Crippen LogP contribution in [0.5, 0.6) is 11.5 Å². The topological polar surface area (TPSA) is 60.4 Å². The Morgan fingerprint density at radius 2 is 1.50 bits per heavy atom. The van der Waals surface area contributed by atoms with Gasteiger partial charge in [0, 0.05) is 0 Å². The van der Waals surface area contributed by atoms with E-state index in [1.165, 1.54) is 12.7 Å². The summed E-state index contributed by atoms with van der Waals surface area (Å²) < 4.78 is 16.3. The molecule has 36 heavy (non-hydrogen) atoms. The van der Waals surface area contributed by atoms with Crippen molar-refractivity contribution in [3.63, 3.8) is 0 Å². The van der Waals surface area contributed by atoms with Crippen LogP contribution in [0.2, 0.25) is 0 Å². The van der Waals surface area contributed by atoms with Crippen molar-refractivity contribution < 1.29 is 19.0 Å². The van der Waals surface area contributed by atoms with Gasteiger partial charge in [-0.05, 0) is 59.2 Å². The van der Waals surface area contributed by atoms with Crippen molar-refractivity contribution in [3.8, 4) is 11.5 Å². The highest BCUT2D eigenvalue weighted by Crippen LogP contribution is 2.28. The molecule has 0 unspecified atom stereocenters. The number of hydrogen-bond acceptors (Lipinski definition) is 6. The standard InChI is InChI=1S/C30H28N2O4/c1-34-29-19-25(15-18-28(29)36-22-24-13-16-26(17-14-24)30(33)35-2)20-31-32(27-11-7-4-8-12-27)21-23-9-5-3-6-10-23/h3-20H,21-22H2,1-2H3/b31-20-. The van der Waals surface area contributed by atoms with Crippen LogP contribution in [0.15, 0.2) is 108 Å². The van der Waals surface area contributed by atoms with Gasteiger partial charge in [-0.25, -0.2) is 4.79 Å². The zero-order valence-corrected chi connectivity index (χ0v) is 20.3. The molecule has 0 saturated carbocycles. The summed E-state index contributed by atoms with van der Waals surface area (Å²) in [6, 6.07) is 33.1. The summed E-state index contributed by atoms with van der Waals surface area (Å²) in [5.74, 6) is 0.867. The molecule has 0 aliphatic heterocycles. The molecule has 0 aliphatic carbocycles. The van der Waals surface area contributed by atoms with Crippen LogP contribution in [-0.2, 0) is 17.9 Å². The van der Waals surface area contributed by atoms with E-state index in [-0.39, 0.29) is 5.97 Å². The average molecular weight is 481 g/mol. The lowest BCUT2D eigenvalue weighted by molar-refractivity contribution is 0.0600. The molecule has 6 nitrogen and oxygen atoms in total. The molecule has 0 atom stereocenters. The fraction of sp³-hybridized carbons (Fsp3) is 0.133. The van der Waals surface area contributed by atoms with Gasteiger partial charge in [-0.15, -0.1) is 0 Å². The molecule has 0 fully saturated rings. The van der Waals surface area contributed by atoms with Gasteiger partial charge in [-0.3, -0.25) is 5.01 Å². The molecule has 0 heterocycles. The molecule has 0 radical (unpaired) electrons. The maximum absolute atomic E-state index is 11.6. The van der Waals surface area contributed by atoms with E-state index in [1.807, 2.05) is 90.1 Å². The summed E-state index contributed by atoms with van der Waals surface area (Å²) in [5, 5.41) is 6.72. The van der Waals surface area contributed by atoms with Crippen molar-refractivity contribution in [2.75, 3.05) is 19.2 Å². The summed E-state index contributed by atoms with van der Waals surface area (Å²) >= 11 is 0. The number of nitrogens with zero attached hydrogens (tertiary/aromatic N) is 2. The Labute approximate surface area is 211 Å². The monoisotopic (exact) mass is 480 g/mol. The molecule has 4 aromatic rings. The second-order valence-corrected chi connectivity index (χ2v) is 8.01. The highest BCUT2D eigenvalue weighted by molar-refractivity contribution is 5.89. The average Bonchev–Trinajstić information content (AvgIpc) is 2.95. The number of para-hydroxylation sites is 1. The van der Waals surface area contributed by atoms with Gasteiger partial charge in [0.1, 0.15) is 6.61 Å². The number of methoxy groups -OCH3 is 2. The normalized spacial score (nSPS) is 10.7. The Kier molecular flexibility index (Phi) is 8.33. The first-order chi connectivity index (χ1) is 17.7. The predicted molar refractivity (Wildman–Crippen MR) is 142 cm³/mol. The van der Waals surface area contributed by atoms with Crippen molar-refractivity contribution in [1.82, 2.24) is 0 Å². The number of benzene rings is 4. The van der Waals surface area contributed by atoms with Gasteiger partial charge in [0.2, 0.25) is 0 Å². The van der Waals surface area contributed by atoms with E-state index in [4.69, 9.17) is 19.3 Å². The number of anilines is 1. The fourth-order valence-corrected chi connectivity index (χ4v) is 3.59. The molecule has 0 bridgehead atoms. The minimum absolute atomic E-state index is 0.337. The van der Waals surface area contributed by atoms with E-state index >= 15 is 0 Å². The SMILES string of the molecule is COC(=O)c1ccc(COc2ccc(/C=N\N(Cc3ccccc3)c3ccccc3)cc2OC)cc1. The molecule has 0 N–H and O–H groups in total. The van der Waals surface area contributed by atoms with E-state index in [1.54, 1.807) is 19.2 Å². The van der Waals surface area contributed by atoms with Crippen LogP contribution in [0.3, 0.4) is 0 Å². The van der Waals surface area contributed by atoms with Gasteiger partial charge in [-0.1, -0.05) is 60.7 Å². The summed E-state index contributed by atoms with van der Waals surface area (Å²) in [6.45, 7) is 0.985. The van der Waals surface area contributed by atoms with Crippen molar-refractivity contribution in [2.24, 2.45) is 5.10 Å². The van der Waals surface area contributed by atoms with Crippen LogP contribution in [0.1, 0.15) is 27.0 Å².